The first-order valence-corrected chi connectivity index (χ1v) is 6.73. The first kappa shape index (κ1) is 13.3. The molecule has 1 heterocycles. The summed E-state index contributed by atoms with van der Waals surface area (Å²) in [4.78, 5) is 6.48. The van der Waals surface area contributed by atoms with Crippen LogP contribution in [0.2, 0.25) is 0 Å². The molecule has 0 radical (unpaired) electrons. The maximum absolute atomic E-state index is 9.19. The summed E-state index contributed by atoms with van der Waals surface area (Å²) in [5.41, 5.74) is 1.20. The number of hydrogen-bond acceptors (Lipinski definition) is 3. The first-order chi connectivity index (χ1) is 8.79. The van der Waals surface area contributed by atoms with Crippen molar-refractivity contribution in [1.29, 1.82) is 0 Å². The fraction of sp³-hybridized carbons (Fsp3) is 0.643. The van der Waals surface area contributed by atoms with Crippen LogP contribution in [0.4, 0.5) is 0 Å². The highest BCUT2D eigenvalue weighted by Crippen LogP contribution is 2.20. The second-order valence-corrected chi connectivity index (χ2v) is 5.11. The lowest BCUT2D eigenvalue weighted by Gasteiger charge is -2.27. The van der Waals surface area contributed by atoms with E-state index in [2.05, 4.69) is 22.0 Å². The van der Waals surface area contributed by atoms with Gasteiger partial charge in [-0.05, 0) is 25.2 Å². The predicted octanol–water partition coefficient (Wildman–Crippen LogP) is 1.57. The van der Waals surface area contributed by atoms with Crippen LogP contribution < -0.4 is 0 Å². The average Bonchev–Trinajstić information content (AvgIpc) is 2.77. The number of hydrogen-bond donors (Lipinski definition) is 1. The molecule has 1 unspecified atom stereocenters. The molecule has 0 bridgehead atoms. The number of aliphatic hydroxyl groups excluding tert-OH is 1. The molecule has 2 rings (SSSR count). The minimum absolute atomic E-state index is 0.223. The second kappa shape index (κ2) is 6.71. The van der Waals surface area contributed by atoms with E-state index in [9.17, 15) is 5.11 Å². The van der Waals surface area contributed by atoms with E-state index in [4.69, 9.17) is 0 Å². The lowest BCUT2D eigenvalue weighted by molar-refractivity contribution is 0.163. The largest absolute Gasteiger partial charge is 0.395 e. The topological polar surface area (TPSA) is 41.3 Å². The fourth-order valence-electron chi connectivity index (χ4n) is 2.53. The van der Waals surface area contributed by atoms with Crippen LogP contribution in [0.15, 0.2) is 24.7 Å². The summed E-state index contributed by atoms with van der Waals surface area (Å²) in [6, 6.07) is 0. The number of rotatable bonds is 6. The highest BCUT2D eigenvalue weighted by molar-refractivity contribution is 4.98. The Morgan fingerprint density at radius 1 is 1.50 bits per heavy atom. The van der Waals surface area contributed by atoms with Gasteiger partial charge >= 0.3 is 0 Å². The highest BCUT2D eigenvalue weighted by atomic mass is 16.3. The molecule has 0 aliphatic heterocycles. The number of aromatic nitrogens is 2. The molecular weight excluding hydrogens is 226 g/mol. The van der Waals surface area contributed by atoms with Gasteiger partial charge in [0, 0.05) is 32.9 Å². The zero-order chi connectivity index (χ0) is 12.8. The Balaban J connectivity index is 1.91. The Kier molecular flexibility index (Phi) is 4.96. The summed E-state index contributed by atoms with van der Waals surface area (Å²) < 4.78 is 2.05. The van der Waals surface area contributed by atoms with Crippen molar-refractivity contribution in [2.24, 2.45) is 13.0 Å². The second-order valence-electron chi connectivity index (χ2n) is 5.11. The summed E-state index contributed by atoms with van der Waals surface area (Å²) in [7, 11) is 2.02. The van der Waals surface area contributed by atoms with Crippen LogP contribution in [0.1, 0.15) is 25.0 Å². The van der Waals surface area contributed by atoms with Crippen molar-refractivity contribution in [2.45, 2.75) is 25.8 Å². The molecule has 0 amide bonds. The zero-order valence-corrected chi connectivity index (χ0v) is 11.1. The van der Waals surface area contributed by atoms with Gasteiger partial charge in [-0.1, -0.05) is 12.2 Å². The van der Waals surface area contributed by atoms with Gasteiger partial charge in [-0.2, -0.15) is 0 Å². The van der Waals surface area contributed by atoms with Gasteiger partial charge in [0.15, 0.2) is 0 Å². The van der Waals surface area contributed by atoms with Crippen molar-refractivity contribution in [2.75, 3.05) is 19.7 Å². The van der Waals surface area contributed by atoms with E-state index in [0.29, 0.717) is 0 Å². The predicted molar refractivity (Wildman–Crippen MR) is 72.1 cm³/mol. The molecule has 4 nitrogen and oxygen atoms in total. The fourth-order valence-corrected chi connectivity index (χ4v) is 2.53. The summed E-state index contributed by atoms with van der Waals surface area (Å²) in [6.45, 7) is 2.90. The van der Waals surface area contributed by atoms with Crippen molar-refractivity contribution in [3.05, 3.63) is 30.4 Å². The van der Waals surface area contributed by atoms with Gasteiger partial charge in [0.1, 0.15) is 0 Å². The molecule has 1 aromatic heterocycles. The molecule has 1 atom stereocenters. The van der Waals surface area contributed by atoms with Gasteiger partial charge < -0.3 is 9.67 Å². The van der Waals surface area contributed by atoms with Gasteiger partial charge in [0.05, 0.1) is 18.6 Å². The number of imidazole rings is 1. The minimum atomic E-state index is 0.223. The molecule has 0 fully saturated rings. The molecule has 100 valence electrons. The van der Waals surface area contributed by atoms with Crippen molar-refractivity contribution < 1.29 is 5.11 Å². The van der Waals surface area contributed by atoms with Crippen LogP contribution in [0.25, 0.3) is 0 Å². The van der Waals surface area contributed by atoms with Gasteiger partial charge in [0.25, 0.3) is 0 Å². The number of allylic oxidation sites excluding steroid dienone is 2. The summed E-state index contributed by atoms with van der Waals surface area (Å²) in [5, 5.41) is 9.19. The summed E-state index contributed by atoms with van der Waals surface area (Å²) >= 11 is 0. The molecule has 1 N–H and O–H groups in total. The van der Waals surface area contributed by atoms with Gasteiger partial charge in [-0.25, -0.2) is 4.98 Å². The third kappa shape index (κ3) is 3.68. The Morgan fingerprint density at radius 3 is 3.00 bits per heavy atom. The Labute approximate surface area is 109 Å². The van der Waals surface area contributed by atoms with Crippen LogP contribution in [0.5, 0.6) is 0 Å². The minimum Gasteiger partial charge on any atom is -0.395 e. The van der Waals surface area contributed by atoms with Crippen LogP contribution in [0.3, 0.4) is 0 Å². The molecule has 0 aromatic carbocycles. The standard InChI is InChI=1S/C14H23N3O/c1-16-12-15-9-14(16)11-17(7-8-18)10-13-5-3-2-4-6-13/h2-3,9,12-13,18H,4-8,10-11H2,1H3. The Hall–Kier alpha value is -1.13. The Morgan fingerprint density at radius 2 is 2.39 bits per heavy atom. The summed E-state index contributed by atoms with van der Waals surface area (Å²) in [5.74, 6) is 0.731. The molecule has 0 spiro atoms. The molecule has 1 aliphatic carbocycles. The normalized spacial score (nSPS) is 19.6. The number of nitrogens with zero attached hydrogens (tertiary/aromatic N) is 3. The van der Waals surface area contributed by atoms with Gasteiger partial charge in [0.2, 0.25) is 0 Å². The zero-order valence-electron chi connectivity index (χ0n) is 11.1. The maximum atomic E-state index is 9.19. The number of aryl methyl sites for hydroxylation is 1. The van der Waals surface area contributed by atoms with E-state index in [0.717, 1.165) is 25.6 Å². The lowest BCUT2D eigenvalue weighted by Crippen LogP contribution is -2.32. The highest BCUT2D eigenvalue weighted by Gasteiger charge is 2.15. The maximum Gasteiger partial charge on any atom is 0.0945 e. The molecule has 18 heavy (non-hydrogen) atoms. The summed E-state index contributed by atoms with van der Waals surface area (Å²) in [6.07, 6.45) is 11.9. The van der Waals surface area contributed by atoms with Crippen LogP contribution in [-0.2, 0) is 13.6 Å². The van der Waals surface area contributed by atoms with Crippen molar-refractivity contribution >= 4 is 0 Å². The van der Waals surface area contributed by atoms with Crippen LogP contribution >= 0.6 is 0 Å². The van der Waals surface area contributed by atoms with E-state index in [1.54, 1.807) is 0 Å². The van der Waals surface area contributed by atoms with Crippen molar-refractivity contribution in [3.63, 3.8) is 0 Å². The third-order valence-electron chi connectivity index (χ3n) is 3.61. The molecule has 0 saturated carbocycles. The van der Waals surface area contributed by atoms with E-state index in [1.165, 1.54) is 25.0 Å². The molecule has 1 aromatic rings. The van der Waals surface area contributed by atoms with Crippen LogP contribution in [-0.4, -0.2) is 39.3 Å². The molecule has 0 saturated heterocycles. The Bertz CT molecular complexity index is 386. The van der Waals surface area contributed by atoms with Crippen LogP contribution in [0, 0.1) is 5.92 Å². The van der Waals surface area contributed by atoms with Crippen molar-refractivity contribution in [3.8, 4) is 0 Å². The van der Waals surface area contributed by atoms with E-state index in [-0.39, 0.29) is 6.61 Å². The van der Waals surface area contributed by atoms with E-state index >= 15 is 0 Å². The SMILES string of the molecule is Cn1cncc1CN(CCO)CC1CC=CCC1. The van der Waals surface area contributed by atoms with E-state index in [1.807, 2.05) is 24.1 Å². The quantitative estimate of drug-likeness (QED) is 0.778. The third-order valence-corrected chi connectivity index (χ3v) is 3.61. The van der Waals surface area contributed by atoms with Gasteiger partial charge in [-0.3, -0.25) is 4.90 Å². The molecule has 1 aliphatic rings. The molecule has 4 heteroatoms. The first-order valence-electron chi connectivity index (χ1n) is 6.73. The monoisotopic (exact) mass is 249 g/mol. The average molecular weight is 249 g/mol. The van der Waals surface area contributed by atoms with E-state index < -0.39 is 0 Å². The molecular formula is C14H23N3O. The smallest absolute Gasteiger partial charge is 0.0945 e. The lowest BCUT2D eigenvalue weighted by atomic mass is 9.94. The number of aliphatic hydroxyl groups is 1. The van der Waals surface area contributed by atoms with Crippen molar-refractivity contribution in [1.82, 2.24) is 14.5 Å². The van der Waals surface area contributed by atoms with Gasteiger partial charge in [-0.15, -0.1) is 0 Å².